The molecule has 0 radical (unpaired) electrons. The van der Waals surface area contributed by atoms with Crippen LogP contribution in [-0.4, -0.2) is 5.88 Å². The number of benzene rings is 1. The van der Waals surface area contributed by atoms with E-state index in [1.807, 2.05) is 0 Å². The molecule has 0 heterocycles. The van der Waals surface area contributed by atoms with Gasteiger partial charge in [0.25, 0.3) is 0 Å². The van der Waals surface area contributed by atoms with Gasteiger partial charge in [-0.1, -0.05) is 43.2 Å². The first-order valence-electron chi connectivity index (χ1n) is 5.52. The summed E-state index contributed by atoms with van der Waals surface area (Å²) in [7, 11) is 0. The summed E-state index contributed by atoms with van der Waals surface area (Å²) in [6.45, 7) is 0. The highest BCUT2D eigenvalue weighted by Gasteiger charge is 2.25. The van der Waals surface area contributed by atoms with Gasteiger partial charge in [-0.2, -0.15) is 0 Å². The number of rotatable bonds is 2. The second-order valence-corrected chi connectivity index (χ2v) is 4.52. The molecule has 1 aliphatic rings. The first-order chi connectivity index (χ1) is 6.92. The third-order valence-corrected chi connectivity index (χ3v) is 3.73. The van der Waals surface area contributed by atoms with Crippen LogP contribution in [-0.2, 0) is 0 Å². The lowest BCUT2D eigenvalue weighted by atomic mass is 9.76. The van der Waals surface area contributed by atoms with Crippen LogP contribution in [0.3, 0.4) is 0 Å². The Morgan fingerprint density at radius 2 is 1.79 bits per heavy atom. The van der Waals surface area contributed by atoms with Gasteiger partial charge < -0.3 is 0 Å². The van der Waals surface area contributed by atoms with Gasteiger partial charge in [0, 0.05) is 5.88 Å². The van der Waals surface area contributed by atoms with Crippen molar-refractivity contribution < 1.29 is 0 Å². The molecule has 0 bridgehead atoms. The highest BCUT2D eigenvalue weighted by atomic mass is 35.5. The maximum atomic E-state index is 6.02. The highest BCUT2D eigenvalue weighted by Crippen LogP contribution is 2.38. The van der Waals surface area contributed by atoms with Crippen molar-refractivity contribution >= 4 is 11.6 Å². The van der Waals surface area contributed by atoms with E-state index in [4.69, 9.17) is 11.6 Å². The summed E-state index contributed by atoms with van der Waals surface area (Å²) in [5.74, 6) is 2.23. The lowest BCUT2D eigenvalue weighted by Gasteiger charge is -2.30. The Balaban J connectivity index is 2.15. The summed E-state index contributed by atoms with van der Waals surface area (Å²) < 4.78 is 0. The third kappa shape index (κ3) is 2.12. The molecule has 0 saturated heterocycles. The first-order valence-corrected chi connectivity index (χ1v) is 6.06. The SMILES string of the molecule is ClC[C@@H]1CCCC[C@H]1c1ccccc1. The zero-order valence-electron chi connectivity index (χ0n) is 8.45. The van der Waals surface area contributed by atoms with Gasteiger partial charge in [0.05, 0.1) is 0 Å². The van der Waals surface area contributed by atoms with Gasteiger partial charge in [-0.05, 0) is 30.2 Å². The number of halogens is 1. The number of alkyl halides is 1. The van der Waals surface area contributed by atoms with Crippen molar-refractivity contribution in [2.24, 2.45) is 5.92 Å². The van der Waals surface area contributed by atoms with Gasteiger partial charge in [-0.25, -0.2) is 0 Å². The molecule has 2 atom stereocenters. The van der Waals surface area contributed by atoms with Crippen molar-refractivity contribution in [1.29, 1.82) is 0 Å². The number of hydrogen-bond donors (Lipinski definition) is 0. The van der Waals surface area contributed by atoms with Crippen molar-refractivity contribution in [3.63, 3.8) is 0 Å². The van der Waals surface area contributed by atoms with E-state index in [9.17, 15) is 0 Å². The van der Waals surface area contributed by atoms with Crippen LogP contribution in [0.25, 0.3) is 0 Å². The predicted molar refractivity (Wildman–Crippen MR) is 61.9 cm³/mol. The summed E-state index contributed by atoms with van der Waals surface area (Å²) >= 11 is 6.02. The molecule has 0 aliphatic heterocycles. The molecule has 1 aromatic carbocycles. The average molecular weight is 209 g/mol. The van der Waals surface area contributed by atoms with Crippen LogP contribution in [0.1, 0.15) is 37.2 Å². The Hall–Kier alpha value is -0.490. The van der Waals surface area contributed by atoms with Crippen LogP contribution < -0.4 is 0 Å². The fourth-order valence-corrected chi connectivity index (χ4v) is 2.90. The molecule has 2 rings (SSSR count). The first kappa shape index (κ1) is 10.0. The van der Waals surface area contributed by atoms with Crippen LogP contribution in [0, 0.1) is 5.92 Å². The molecule has 1 heteroatoms. The van der Waals surface area contributed by atoms with E-state index in [0.717, 1.165) is 5.88 Å². The van der Waals surface area contributed by atoms with Gasteiger partial charge in [0.1, 0.15) is 0 Å². The monoisotopic (exact) mass is 208 g/mol. The molecule has 0 aromatic heterocycles. The summed E-state index contributed by atoms with van der Waals surface area (Å²) in [4.78, 5) is 0. The summed E-state index contributed by atoms with van der Waals surface area (Å²) in [5.41, 5.74) is 1.48. The summed E-state index contributed by atoms with van der Waals surface area (Å²) in [6.07, 6.45) is 5.36. The molecular weight excluding hydrogens is 192 g/mol. The van der Waals surface area contributed by atoms with E-state index in [2.05, 4.69) is 30.3 Å². The van der Waals surface area contributed by atoms with E-state index in [0.29, 0.717) is 11.8 Å². The van der Waals surface area contributed by atoms with E-state index < -0.39 is 0 Å². The molecule has 14 heavy (non-hydrogen) atoms. The molecule has 1 aliphatic carbocycles. The minimum Gasteiger partial charge on any atom is -0.126 e. The van der Waals surface area contributed by atoms with Gasteiger partial charge in [-0.15, -0.1) is 11.6 Å². The zero-order valence-corrected chi connectivity index (χ0v) is 9.21. The highest BCUT2D eigenvalue weighted by molar-refractivity contribution is 6.18. The Labute approximate surface area is 91.3 Å². The molecule has 76 valence electrons. The van der Waals surface area contributed by atoms with Crippen LogP contribution in [0.15, 0.2) is 30.3 Å². The van der Waals surface area contributed by atoms with E-state index in [1.54, 1.807) is 0 Å². The lowest BCUT2D eigenvalue weighted by Crippen LogP contribution is -2.18. The fourth-order valence-electron chi connectivity index (χ4n) is 2.53. The van der Waals surface area contributed by atoms with Crippen molar-refractivity contribution in [3.05, 3.63) is 35.9 Å². The van der Waals surface area contributed by atoms with E-state index >= 15 is 0 Å². The van der Waals surface area contributed by atoms with E-state index in [-0.39, 0.29) is 0 Å². The van der Waals surface area contributed by atoms with Crippen LogP contribution in [0.4, 0.5) is 0 Å². The molecule has 0 N–H and O–H groups in total. The molecule has 0 unspecified atom stereocenters. The largest absolute Gasteiger partial charge is 0.126 e. The summed E-state index contributed by atoms with van der Waals surface area (Å²) in [5, 5.41) is 0. The Morgan fingerprint density at radius 1 is 1.07 bits per heavy atom. The van der Waals surface area contributed by atoms with Crippen molar-refractivity contribution in [3.8, 4) is 0 Å². The quantitative estimate of drug-likeness (QED) is 0.640. The zero-order chi connectivity index (χ0) is 9.80. The average Bonchev–Trinajstić information content (AvgIpc) is 2.30. The van der Waals surface area contributed by atoms with Crippen LogP contribution >= 0.6 is 11.6 Å². The Bertz CT molecular complexity index is 268. The molecule has 1 aromatic rings. The summed E-state index contributed by atoms with van der Waals surface area (Å²) in [6, 6.07) is 10.8. The van der Waals surface area contributed by atoms with Gasteiger partial charge in [-0.3, -0.25) is 0 Å². The lowest BCUT2D eigenvalue weighted by molar-refractivity contribution is 0.334. The second-order valence-electron chi connectivity index (χ2n) is 4.22. The van der Waals surface area contributed by atoms with E-state index in [1.165, 1.54) is 31.2 Å². The van der Waals surface area contributed by atoms with Crippen LogP contribution in [0.5, 0.6) is 0 Å². The van der Waals surface area contributed by atoms with Crippen molar-refractivity contribution in [2.45, 2.75) is 31.6 Å². The topological polar surface area (TPSA) is 0 Å². The molecule has 1 fully saturated rings. The molecule has 0 amide bonds. The molecular formula is C13H17Cl. The molecule has 0 spiro atoms. The van der Waals surface area contributed by atoms with Gasteiger partial charge >= 0.3 is 0 Å². The van der Waals surface area contributed by atoms with Gasteiger partial charge in [0.15, 0.2) is 0 Å². The Kier molecular flexibility index (Phi) is 3.47. The Morgan fingerprint density at radius 3 is 2.50 bits per heavy atom. The predicted octanol–water partition coefficient (Wildman–Crippen LogP) is 4.20. The number of hydrogen-bond acceptors (Lipinski definition) is 0. The maximum Gasteiger partial charge on any atom is 0.0257 e. The maximum absolute atomic E-state index is 6.02. The third-order valence-electron chi connectivity index (χ3n) is 3.33. The smallest absolute Gasteiger partial charge is 0.0257 e. The molecule has 1 saturated carbocycles. The van der Waals surface area contributed by atoms with Crippen molar-refractivity contribution in [1.82, 2.24) is 0 Å². The van der Waals surface area contributed by atoms with Crippen molar-refractivity contribution in [2.75, 3.05) is 5.88 Å². The minimum atomic E-state index is 0.702. The fraction of sp³-hybridized carbons (Fsp3) is 0.538. The standard InChI is InChI=1S/C13H17Cl/c14-10-12-8-4-5-9-13(12)11-6-2-1-3-7-11/h1-3,6-7,12-13H,4-5,8-10H2/t12-,13-/m0/s1. The van der Waals surface area contributed by atoms with Gasteiger partial charge in [0.2, 0.25) is 0 Å². The molecule has 0 nitrogen and oxygen atoms in total. The second kappa shape index (κ2) is 4.84. The van der Waals surface area contributed by atoms with Crippen LogP contribution in [0.2, 0.25) is 0 Å². The normalized spacial score (nSPS) is 27.5. The minimum absolute atomic E-state index is 0.702.